The van der Waals surface area contributed by atoms with Crippen LogP contribution in [0.2, 0.25) is 0 Å². The number of nitriles is 1. The fraction of sp³-hybridized carbons (Fsp3) is 0.0400. The number of aliphatic imine (C=N–C) groups is 1. The summed E-state index contributed by atoms with van der Waals surface area (Å²) in [6.07, 6.45) is 0. The second kappa shape index (κ2) is 9.06. The van der Waals surface area contributed by atoms with Crippen LogP contribution in [0.1, 0.15) is 27.0 Å². The van der Waals surface area contributed by atoms with Gasteiger partial charge in [0.05, 0.1) is 11.3 Å². The molecule has 156 valence electrons. The van der Waals surface area contributed by atoms with Crippen LogP contribution in [0.5, 0.6) is 0 Å². The second-order valence-electron chi connectivity index (χ2n) is 6.94. The maximum Gasteiger partial charge on any atom is 0.264 e. The number of hydrogen-bond donors (Lipinski definition) is 2. The van der Waals surface area contributed by atoms with Crippen molar-refractivity contribution in [3.63, 3.8) is 0 Å². The third-order valence-corrected chi connectivity index (χ3v) is 4.88. The predicted octanol–water partition coefficient (Wildman–Crippen LogP) is 3.57. The number of carbonyl (C=O) groups is 2. The Kier molecular flexibility index (Phi) is 5.86. The Bertz CT molecular complexity index is 1310. The number of benzene rings is 3. The van der Waals surface area contributed by atoms with Gasteiger partial charge in [-0.15, -0.1) is 0 Å². The predicted molar refractivity (Wildman–Crippen MR) is 118 cm³/mol. The first-order valence-corrected chi connectivity index (χ1v) is 9.79. The Morgan fingerprint density at radius 3 is 2.28 bits per heavy atom. The molecule has 0 unspecified atom stereocenters. The first kappa shape index (κ1) is 20.7. The van der Waals surface area contributed by atoms with Gasteiger partial charge in [-0.05, 0) is 17.7 Å². The average molecular weight is 424 g/mol. The fourth-order valence-corrected chi connectivity index (χ4v) is 3.31. The molecule has 3 aromatic carbocycles. The summed E-state index contributed by atoms with van der Waals surface area (Å²) in [5, 5.41) is 15.0. The first-order valence-electron chi connectivity index (χ1n) is 9.79. The van der Waals surface area contributed by atoms with E-state index in [0.717, 1.165) is 5.56 Å². The van der Waals surface area contributed by atoms with Crippen LogP contribution in [0.25, 0.3) is 5.70 Å². The summed E-state index contributed by atoms with van der Waals surface area (Å²) in [6, 6.07) is 23.7. The van der Waals surface area contributed by atoms with Gasteiger partial charge in [-0.25, -0.2) is 9.38 Å². The lowest BCUT2D eigenvalue weighted by Crippen LogP contribution is -2.31. The number of halogens is 1. The minimum atomic E-state index is -0.676. The average Bonchev–Trinajstić information content (AvgIpc) is 3.17. The summed E-state index contributed by atoms with van der Waals surface area (Å²) in [5.74, 6) is -1.77. The molecule has 0 spiro atoms. The van der Waals surface area contributed by atoms with Gasteiger partial charge in [0, 0.05) is 17.7 Å². The van der Waals surface area contributed by atoms with Gasteiger partial charge in [-0.3, -0.25) is 9.59 Å². The Hall–Kier alpha value is -4.57. The highest BCUT2D eigenvalue weighted by molar-refractivity contribution is 6.20. The number of rotatable bonds is 4. The van der Waals surface area contributed by atoms with E-state index >= 15 is 0 Å². The van der Waals surface area contributed by atoms with Gasteiger partial charge < -0.3 is 10.6 Å². The second-order valence-corrected chi connectivity index (χ2v) is 6.94. The van der Waals surface area contributed by atoms with Crippen molar-refractivity contribution >= 4 is 23.3 Å². The number of amidine groups is 1. The normalized spacial score (nSPS) is 13.4. The molecule has 1 heterocycles. The standard InChI is InChI=1S/C25H17FN4O2/c26-21-13-7-6-12-19(21)25(32)30-23-18-11-5-4-10-17(18)22(29-23)20(14-27)24(31)28-15-16-8-2-1-3-9-16/h1-13H,15H2,(H,28,31)(H,29,30,32). The Morgan fingerprint density at radius 2 is 1.56 bits per heavy atom. The quantitative estimate of drug-likeness (QED) is 0.495. The van der Waals surface area contributed by atoms with Crippen LogP contribution in [0.3, 0.4) is 0 Å². The van der Waals surface area contributed by atoms with Gasteiger partial charge in [0.2, 0.25) is 0 Å². The van der Waals surface area contributed by atoms with Gasteiger partial charge in [0.25, 0.3) is 11.8 Å². The molecule has 6 nitrogen and oxygen atoms in total. The monoisotopic (exact) mass is 424 g/mol. The van der Waals surface area contributed by atoms with Crippen molar-refractivity contribution in [3.05, 3.63) is 113 Å². The molecule has 0 atom stereocenters. The van der Waals surface area contributed by atoms with Crippen LogP contribution in [-0.2, 0) is 11.3 Å². The highest BCUT2D eigenvalue weighted by atomic mass is 19.1. The summed E-state index contributed by atoms with van der Waals surface area (Å²) in [6.45, 7) is 0.250. The lowest BCUT2D eigenvalue weighted by molar-refractivity contribution is -0.117. The zero-order valence-corrected chi connectivity index (χ0v) is 16.8. The van der Waals surface area contributed by atoms with Crippen LogP contribution >= 0.6 is 0 Å². The van der Waals surface area contributed by atoms with E-state index < -0.39 is 17.6 Å². The maximum absolute atomic E-state index is 14.0. The number of amides is 2. The Morgan fingerprint density at radius 1 is 0.906 bits per heavy atom. The van der Waals surface area contributed by atoms with E-state index in [1.54, 1.807) is 30.3 Å². The lowest BCUT2D eigenvalue weighted by atomic mass is 10.0. The molecule has 0 radical (unpaired) electrons. The molecule has 0 bridgehead atoms. The topological polar surface area (TPSA) is 94.3 Å². The van der Waals surface area contributed by atoms with Gasteiger partial charge >= 0.3 is 0 Å². The molecule has 1 aliphatic rings. The van der Waals surface area contributed by atoms with Crippen LogP contribution in [-0.4, -0.2) is 17.6 Å². The number of hydrogen-bond acceptors (Lipinski definition) is 4. The van der Waals surface area contributed by atoms with E-state index in [4.69, 9.17) is 0 Å². The summed E-state index contributed by atoms with van der Waals surface area (Å²) in [7, 11) is 0. The minimum Gasteiger partial charge on any atom is -0.347 e. The van der Waals surface area contributed by atoms with Crippen LogP contribution in [0, 0.1) is 17.1 Å². The maximum atomic E-state index is 14.0. The summed E-state index contributed by atoms with van der Waals surface area (Å²) < 4.78 is 14.0. The molecule has 0 aliphatic carbocycles. The van der Waals surface area contributed by atoms with Gasteiger partial charge in [-0.2, -0.15) is 5.26 Å². The van der Waals surface area contributed by atoms with E-state index in [2.05, 4.69) is 15.6 Å². The molecule has 32 heavy (non-hydrogen) atoms. The Balaban J connectivity index is 1.65. The van der Waals surface area contributed by atoms with Crippen molar-refractivity contribution in [1.82, 2.24) is 10.6 Å². The van der Waals surface area contributed by atoms with Crippen LogP contribution < -0.4 is 10.6 Å². The minimum absolute atomic E-state index is 0.133. The molecule has 0 fully saturated rings. The SMILES string of the molecule is N#CC(C(=O)NCc1ccccc1)=C1N=C(NC(=O)c2ccccc2F)c2ccccc21. The molecule has 1 aliphatic heterocycles. The van der Waals surface area contributed by atoms with Crippen LogP contribution in [0.4, 0.5) is 4.39 Å². The molecular weight excluding hydrogens is 407 g/mol. The number of carbonyl (C=O) groups excluding carboxylic acids is 2. The highest BCUT2D eigenvalue weighted by Gasteiger charge is 2.27. The smallest absolute Gasteiger partial charge is 0.264 e. The summed E-state index contributed by atoms with van der Waals surface area (Å²) >= 11 is 0. The fourth-order valence-electron chi connectivity index (χ4n) is 3.31. The van der Waals surface area contributed by atoms with Crippen molar-refractivity contribution in [1.29, 1.82) is 5.26 Å². The van der Waals surface area contributed by atoms with Gasteiger partial charge in [0.1, 0.15) is 23.3 Å². The van der Waals surface area contributed by atoms with Gasteiger partial charge in [0.15, 0.2) is 0 Å². The summed E-state index contributed by atoms with van der Waals surface area (Å²) in [5.41, 5.74) is 1.79. The van der Waals surface area contributed by atoms with E-state index in [1.165, 1.54) is 18.2 Å². The van der Waals surface area contributed by atoms with Crippen molar-refractivity contribution in [3.8, 4) is 6.07 Å². The zero-order chi connectivity index (χ0) is 22.5. The molecular formula is C25H17FN4O2. The molecule has 2 amide bonds. The van der Waals surface area contributed by atoms with E-state index in [0.29, 0.717) is 11.1 Å². The molecule has 0 saturated heterocycles. The third kappa shape index (κ3) is 4.16. The molecule has 3 aromatic rings. The van der Waals surface area contributed by atoms with E-state index in [1.807, 2.05) is 36.4 Å². The largest absolute Gasteiger partial charge is 0.347 e. The van der Waals surface area contributed by atoms with E-state index in [-0.39, 0.29) is 29.2 Å². The highest BCUT2D eigenvalue weighted by Crippen LogP contribution is 2.30. The number of nitrogens with one attached hydrogen (secondary N) is 2. The third-order valence-electron chi connectivity index (χ3n) is 4.88. The lowest BCUT2D eigenvalue weighted by Gasteiger charge is -2.07. The van der Waals surface area contributed by atoms with Crippen LogP contribution in [0.15, 0.2) is 89.4 Å². The van der Waals surface area contributed by atoms with Crippen molar-refractivity contribution in [2.45, 2.75) is 6.54 Å². The van der Waals surface area contributed by atoms with Gasteiger partial charge in [-0.1, -0.05) is 66.7 Å². The summed E-state index contributed by atoms with van der Waals surface area (Å²) in [4.78, 5) is 29.7. The molecule has 7 heteroatoms. The zero-order valence-electron chi connectivity index (χ0n) is 16.8. The van der Waals surface area contributed by atoms with Crippen molar-refractivity contribution in [2.75, 3.05) is 0 Å². The first-order chi connectivity index (χ1) is 15.6. The van der Waals surface area contributed by atoms with Crippen molar-refractivity contribution in [2.24, 2.45) is 4.99 Å². The molecule has 0 saturated carbocycles. The number of fused-ring (bicyclic) bond motifs is 1. The Labute approximate surface area is 183 Å². The molecule has 4 rings (SSSR count). The van der Waals surface area contributed by atoms with Crippen molar-refractivity contribution < 1.29 is 14.0 Å². The molecule has 2 N–H and O–H groups in total. The number of nitrogens with zero attached hydrogens (tertiary/aromatic N) is 2. The van der Waals surface area contributed by atoms with E-state index in [9.17, 15) is 19.2 Å². The molecule has 0 aromatic heterocycles.